The molecule has 0 fully saturated rings. The second-order valence-corrected chi connectivity index (χ2v) is 6.54. The average Bonchev–Trinajstić information content (AvgIpc) is 2.56. The molecule has 0 aliphatic carbocycles. The molecule has 8 nitrogen and oxygen atoms in total. The number of ether oxygens (including phenoxy) is 1. The summed E-state index contributed by atoms with van der Waals surface area (Å²) in [5, 5.41) is 2.63. The van der Waals surface area contributed by atoms with Crippen LogP contribution in [0.3, 0.4) is 0 Å². The Balaban J connectivity index is 2.11. The molecule has 0 amide bonds. The van der Waals surface area contributed by atoms with Gasteiger partial charge in [0.15, 0.2) is 12.4 Å². The van der Waals surface area contributed by atoms with Crippen molar-refractivity contribution in [1.29, 1.82) is 0 Å². The van der Waals surface area contributed by atoms with Crippen molar-refractivity contribution in [1.82, 2.24) is 15.0 Å². The molecule has 1 heterocycles. The second-order valence-electron chi connectivity index (χ2n) is 6.13. The van der Waals surface area contributed by atoms with Crippen molar-refractivity contribution in [3.63, 3.8) is 0 Å². The minimum absolute atomic E-state index is 0.0634. The maximum atomic E-state index is 12.7. The summed E-state index contributed by atoms with van der Waals surface area (Å²) < 4.78 is 43.4. The standard InChI is InChI=1S/C16H18ClF3N6O2/c1-7(2)12(13(27)28-6-11-24-14(21)26-15(22)25-11)23-10-4-3-8(5-9(10)17)16(18,19)20/h3-5,7,12,23H,6H2,1-2H3,(H4,21,22,24,25,26). The number of nitrogen functional groups attached to an aromatic ring is 2. The molecule has 0 aliphatic heterocycles. The number of carbonyl (C=O) groups excluding carboxylic acids is 1. The fourth-order valence-corrected chi connectivity index (χ4v) is 2.46. The Morgan fingerprint density at radius 1 is 1.21 bits per heavy atom. The van der Waals surface area contributed by atoms with Gasteiger partial charge in [-0.15, -0.1) is 0 Å². The van der Waals surface area contributed by atoms with E-state index in [1.807, 2.05) is 0 Å². The fourth-order valence-electron chi connectivity index (χ4n) is 2.22. The number of aromatic nitrogens is 3. The summed E-state index contributed by atoms with van der Waals surface area (Å²) >= 11 is 5.93. The molecule has 0 saturated heterocycles. The lowest BCUT2D eigenvalue weighted by Gasteiger charge is -2.22. The summed E-state index contributed by atoms with van der Waals surface area (Å²) in [5.41, 5.74) is 10.2. The third-order valence-electron chi connectivity index (χ3n) is 3.59. The summed E-state index contributed by atoms with van der Waals surface area (Å²) in [6.07, 6.45) is -4.52. The van der Waals surface area contributed by atoms with Gasteiger partial charge in [-0.25, -0.2) is 4.79 Å². The Morgan fingerprint density at radius 2 is 1.82 bits per heavy atom. The molecule has 0 spiro atoms. The van der Waals surface area contributed by atoms with Crippen LogP contribution in [-0.4, -0.2) is 27.0 Å². The van der Waals surface area contributed by atoms with Crippen LogP contribution in [0.4, 0.5) is 30.8 Å². The number of hydrogen-bond acceptors (Lipinski definition) is 8. The first-order valence-electron chi connectivity index (χ1n) is 8.03. The molecule has 2 rings (SSSR count). The van der Waals surface area contributed by atoms with Crippen LogP contribution in [-0.2, 0) is 22.3 Å². The lowest BCUT2D eigenvalue weighted by molar-refractivity contribution is -0.147. The lowest BCUT2D eigenvalue weighted by atomic mass is 10.0. The van der Waals surface area contributed by atoms with E-state index in [1.165, 1.54) is 0 Å². The van der Waals surface area contributed by atoms with Gasteiger partial charge in [0.1, 0.15) is 6.04 Å². The zero-order chi connectivity index (χ0) is 21.1. The third kappa shape index (κ3) is 5.59. The number of rotatable bonds is 6. The molecule has 152 valence electrons. The van der Waals surface area contributed by atoms with Gasteiger partial charge in [0, 0.05) is 0 Å². The number of carbonyl (C=O) groups is 1. The molecular formula is C16H18ClF3N6O2. The second kappa shape index (κ2) is 8.46. The third-order valence-corrected chi connectivity index (χ3v) is 3.90. The van der Waals surface area contributed by atoms with Crippen LogP contribution >= 0.6 is 11.6 Å². The van der Waals surface area contributed by atoms with Crippen molar-refractivity contribution in [2.24, 2.45) is 5.92 Å². The van der Waals surface area contributed by atoms with Gasteiger partial charge in [-0.05, 0) is 24.1 Å². The lowest BCUT2D eigenvalue weighted by Crippen LogP contribution is -2.36. The van der Waals surface area contributed by atoms with Gasteiger partial charge in [0.2, 0.25) is 11.9 Å². The quantitative estimate of drug-likeness (QED) is 0.610. The summed E-state index contributed by atoms with van der Waals surface area (Å²) in [6.45, 7) is 3.16. The van der Waals surface area contributed by atoms with Crippen molar-refractivity contribution in [3.8, 4) is 0 Å². The topological polar surface area (TPSA) is 129 Å². The van der Waals surface area contributed by atoms with Gasteiger partial charge in [0.05, 0.1) is 16.3 Å². The molecule has 0 saturated carbocycles. The van der Waals surface area contributed by atoms with E-state index in [1.54, 1.807) is 13.8 Å². The Hall–Kier alpha value is -2.82. The van der Waals surface area contributed by atoms with E-state index in [0.29, 0.717) is 0 Å². The van der Waals surface area contributed by atoms with E-state index in [4.69, 9.17) is 27.8 Å². The highest BCUT2D eigenvalue weighted by Gasteiger charge is 2.31. The number of hydrogen-bond donors (Lipinski definition) is 3. The largest absolute Gasteiger partial charge is 0.456 e. The van der Waals surface area contributed by atoms with Gasteiger partial charge in [-0.2, -0.15) is 28.1 Å². The molecule has 5 N–H and O–H groups in total. The van der Waals surface area contributed by atoms with Crippen molar-refractivity contribution < 1.29 is 22.7 Å². The van der Waals surface area contributed by atoms with E-state index in [2.05, 4.69) is 20.3 Å². The zero-order valence-corrected chi connectivity index (χ0v) is 15.7. The van der Waals surface area contributed by atoms with Crippen LogP contribution in [0, 0.1) is 5.92 Å². The fraction of sp³-hybridized carbons (Fsp3) is 0.375. The SMILES string of the molecule is CC(C)C(Nc1ccc(C(F)(F)F)cc1Cl)C(=O)OCc1nc(N)nc(N)n1. The first-order chi connectivity index (χ1) is 13.0. The normalized spacial score (nSPS) is 12.7. The van der Waals surface area contributed by atoms with E-state index in [-0.39, 0.29) is 41.0 Å². The summed E-state index contributed by atoms with van der Waals surface area (Å²) in [5.74, 6) is -1.11. The molecule has 1 aromatic carbocycles. The Labute approximate surface area is 163 Å². The molecule has 1 aromatic heterocycles. The van der Waals surface area contributed by atoms with Gasteiger partial charge in [-0.1, -0.05) is 25.4 Å². The van der Waals surface area contributed by atoms with Gasteiger partial charge in [-0.3, -0.25) is 0 Å². The molecule has 1 atom stereocenters. The molecule has 0 radical (unpaired) electrons. The summed E-state index contributed by atoms with van der Waals surface area (Å²) in [4.78, 5) is 23.6. The van der Waals surface area contributed by atoms with Gasteiger partial charge >= 0.3 is 12.1 Å². The van der Waals surface area contributed by atoms with E-state index in [9.17, 15) is 18.0 Å². The molecule has 28 heavy (non-hydrogen) atoms. The van der Waals surface area contributed by atoms with Crippen LogP contribution in [0.5, 0.6) is 0 Å². The van der Waals surface area contributed by atoms with Crippen LogP contribution < -0.4 is 16.8 Å². The van der Waals surface area contributed by atoms with E-state index in [0.717, 1.165) is 18.2 Å². The highest BCUT2D eigenvalue weighted by molar-refractivity contribution is 6.33. The number of anilines is 3. The number of alkyl halides is 3. The smallest absolute Gasteiger partial charge is 0.416 e. The van der Waals surface area contributed by atoms with E-state index < -0.39 is 23.8 Å². The molecular weight excluding hydrogens is 401 g/mol. The van der Waals surface area contributed by atoms with Crippen LogP contribution in [0.1, 0.15) is 25.2 Å². The van der Waals surface area contributed by atoms with E-state index >= 15 is 0 Å². The van der Waals surface area contributed by atoms with Crippen LogP contribution in [0.25, 0.3) is 0 Å². The number of benzene rings is 1. The Morgan fingerprint density at radius 3 is 2.32 bits per heavy atom. The van der Waals surface area contributed by atoms with Gasteiger partial charge in [0.25, 0.3) is 0 Å². The number of nitrogens with zero attached hydrogens (tertiary/aromatic N) is 3. The highest BCUT2D eigenvalue weighted by Crippen LogP contribution is 2.34. The van der Waals surface area contributed by atoms with Crippen molar-refractivity contribution in [3.05, 3.63) is 34.6 Å². The van der Waals surface area contributed by atoms with Crippen molar-refractivity contribution >= 4 is 35.2 Å². The first-order valence-corrected chi connectivity index (χ1v) is 8.41. The Kier molecular flexibility index (Phi) is 6.49. The number of nitrogens with two attached hydrogens (primary N) is 2. The predicted molar refractivity (Wildman–Crippen MR) is 97.2 cm³/mol. The minimum Gasteiger partial charge on any atom is -0.456 e. The van der Waals surface area contributed by atoms with Crippen molar-refractivity contribution in [2.75, 3.05) is 16.8 Å². The minimum atomic E-state index is -4.52. The maximum Gasteiger partial charge on any atom is 0.416 e. The molecule has 1 unspecified atom stereocenters. The highest BCUT2D eigenvalue weighted by atomic mass is 35.5. The molecule has 12 heteroatoms. The molecule has 2 aromatic rings. The summed E-state index contributed by atoms with van der Waals surface area (Å²) in [6, 6.07) is 1.92. The average molecular weight is 419 g/mol. The number of halogens is 4. The Bertz CT molecular complexity index is 843. The number of esters is 1. The summed E-state index contributed by atoms with van der Waals surface area (Å²) in [7, 11) is 0. The monoisotopic (exact) mass is 418 g/mol. The maximum absolute atomic E-state index is 12.7. The van der Waals surface area contributed by atoms with Crippen molar-refractivity contribution in [2.45, 2.75) is 32.7 Å². The zero-order valence-electron chi connectivity index (χ0n) is 14.9. The number of nitrogens with one attached hydrogen (secondary N) is 1. The van der Waals surface area contributed by atoms with Crippen LogP contribution in [0.2, 0.25) is 5.02 Å². The molecule has 0 bridgehead atoms. The van der Waals surface area contributed by atoms with Crippen LogP contribution in [0.15, 0.2) is 18.2 Å². The molecule has 0 aliphatic rings. The predicted octanol–water partition coefficient (Wildman–Crippen LogP) is 2.89. The first kappa shape index (κ1) is 21.5. The van der Waals surface area contributed by atoms with Gasteiger partial charge < -0.3 is 21.5 Å².